The van der Waals surface area contributed by atoms with Gasteiger partial charge in [0, 0.05) is 12.1 Å². The lowest BCUT2D eigenvalue weighted by molar-refractivity contribution is 0.331. The highest BCUT2D eigenvalue weighted by molar-refractivity contribution is 9.10. The summed E-state index contributed by atoms with van der Waals surface area (Å²) in [5.41, 5.74) is 3.79. The van der Waals surface area contributed by atoms with Crippen molar-refractivity contribution in [1.82, 2.24) is 10.3 Å². The minimum absolute atomic E-state index is 0.0165. The van der Waals surface area contributed by atoms with Crippen molar-refractivity contribution in [3.63, 3.8) is 0 Å². The molecule has 0 aromatic heterocycles. The summed E-state index contributed by atoms with van der Waals surface area (Å²) < 4.78 is 11.5. The first-order chi connectivity index (χ1) is 8.54. The first-order valence-corrected chi connectivity index (χ1v) is 6.35. The molecule has 1 aromatic carbocycles. The van der Waals surface area contributed by atoms with Gasteiger partial charge in [-0.25, -0.2) is 0 Å². The highest BCUT2D eigenvalue weighted by Gasteiger charge is 2.20. The smallest absolute Gasteiger partial charge is 0.141 e. The minimum Gasteiger partial charge on any atom is -0.495 e. The molecule has 18 heavy (non-hydrogen) atoms. The Morgan fingerprint density at radius 3 is 2.44 bits per heavy atom. The molecule has 1 atom stereocenters. The Hall–Kier alpha value is -0.820. The van der Waals surface area contributed by atoms with Gasteiger partial charge in [-0.2, -0.15) is 0 Å². The number of likely N-dealkylation sites (N-methyl/N-ethyl adjacent to an activating group) is 1. The van der Waals surface area contributed by atoms with Gasteiger partial charge in [0.15, 0.2) is 0 Å². The van der Waals surface area contributed by atoms with Crippen molar-refractivity contribution in [3.8, 4) is 11.5 Å². The van der Waals surface area contributed by atoms with Crippen molar-refractivity contribution in [2.45, 2.75) is 6.04 Å². The number of benzene rings is 1. The summed E-state index contributed by atoms with van der Waals surface area (Å²) >= 11 is 3.48. The Bertz CT molecular complexity index is 399. The Morgan fingerprint density at radius 1 is 1.33 bits per heavy atom. The molecule has 1 aromatic rings. The molecule has 1 unspecified atom stereocenters. The van der Waals surface area contributed by atoms with Gasteiger partial charge in [0.05, 0.1) is 20.3 Å². The number of halogens is 1. The molecule has 3 N–H and O–H groups in total. The standard InChI is InChI=1S/C12H20BrN3O2/c1-16(2)7-9(15-14)8-5-6-10(17-3)11(13)12(8)18-4/h5-6,9,15H,7,14H2,1-4H3. The summed E-state index contributed by atoms with van der Waals surface area (Å²) in [5, 5.41) is 0. The maximum atomic E-state index is 5.62. The van der Waals surface area contributed by atoms with Crippen LogP contribution < -0.4 is 20.7 Å². The fourth-order valence-corrected chi connectivity index (χ4v) is 2.48. The van der Waals surface area contributed by atoms with Crippen LogP contribution in [0.2, 0.25) is 0 Å². The summed E-state index contributed by atoms with van der Waals surface area (Å²) in [6.07, 6.45) is 0. The third-order valence-corrected chi connectivity index (χ3v) is 3.39. The van der Waals surface area contributed by atoms with Gasteiger partial charge in [-0.1, -0.05) is 0 Å². The molecule has 0 heterocycles. The van der Waals surface area contributed by atoms with Gasteiger partial charge in [-0.3, -0.25) is 11.3 Å². The Balaban J connectivity index is 3.18. The molecule has 0 aliphatic rings. The third-order valence-electron chi connectivity index (χ3n) is 2.64. The fraction of sp³-hybridized carbons (Fsp3) is 0.500. The number of nitrogens with zero attached hydrogens (tertiary/aromatic N) is 1. The summed E-state index contributed by atoms with van der Waals surface area (Å²) in [4.78, 5) is 2.06. The van der Waals surface area contributed by atoms with Crippen LogP contribution in [0.1, 0.15) is 11.6 Å². The molecule has 0 spiro atoms. The van der Waals surface area contributed by atoms with Crippen LogP contribution >= 0.6 is 15.9 Å². The van der Waals surface area contributed by atoms with Gasteiger partial charge in [0.25, 0.3) is 0 Å². The average Bonchev–Trinajstić information content (AvgIpc) is 2.35. The van der Waals surface area contributed by atoms with Crippen LogP contribution in [0.25, 0.3) is 0 Å². The van der Waals surface area contributed by atoms with Crippen LogP contribution in [0.5, 0.6) is 11.5 Å². The number of hydrogen-bond donors (Lipinski definition) is 2. The van der Waals surface area contributed by atoms with E-state index in [1.807, 2.05) is 26.2 Å². The molecule has 0 saturated carbocycles. The number of ether oxygens (including phenoxy) is 2. The predicted molar refractivity (Wildman–Crippen MR) is 75.9 cm³/mol. The van der Waals surface area contributed by atoms with Crippen molar-refractivity contribution in [2.75, 3.05) is 34.9 Å². The largest absolute Gasteiger partial charge is 0.495 e. The SMILES string of the molecule is COc1ccc(C(CN(C)C)NN)c(OC)c1Br. The number of rotatable bonds is 6. The number of nitrogens with two attached hydrogens (primary N) is 1. The summed E-state index contributed by atoms with van der Waals surface area (Å²) in [6.45, 7) is 0.769. The van der Waals surface area contributed by atoms with Crippen LogP contribution in [0, 0.1) is 0 Å². The second kappa shape index (κ2) is 6.94. The number of nitrogens with one attached hydrogen (secondary N) is 1. The highest BCUT2D eigenvalue weighted by Crippen LogP contribution is 2.39. The molecule has 5 nitrogen and oxygen atoms in total. The maximum Gasteiger partial charge on any atom is 0.141 e. The van der Waals surface area contributed by atoms with Crippen molar-refractivity contribution < 1.29 is 9.47 Å². The first-order valence-electron chi connectivity index (χ1n) is 5.56. The molecule has 0 fully saturated rings. The monoisotopic (exact) mass is 317 g/mol. The van der Waals surface area contributed by atoms with E-state index in [2.05, 4.69) is 26.3 Å². The number of hydrazine groups is 1. The van der Waals surface area contributed by atoms with Crippen LogP contribution in [0.4, 0.5) is 0 Å². The molecule has 6 heteroatoms. The zero-order chi connectivity index (χ0) is 13.7. The molecule has 0 bridgehead atoms. The minimum atomic E-state index is -0.0165. The van der Waals surface area contributed by atoms with Gasteiger partial charge >= 0.3 is 0 Å². The number of methoxy groups -OCH3 is 2. The van der Waals surface area contributed by atoms with E-state index in [1.54, 1.807) is 14.2 Å². The van der Waals surface area contributed by atoms with E-state index < -0.39 is 0 Å². The first kappa shape index (κ1) is 15.2. The molecule has 0 aliphatic carbocycles. The lowest BCUT2D eigenvalue weighted by Gasteiger charge is -2.23. The van der Waals surface area contributed by atoms with E-state index in [4.69, 9.17) is 15.3 Å². The Labute approximate surface area is 116 Å². The van der Waals surface area contributed by atoms with E-state index in [0.29, 0.717) is 0 Å². The van der Waals surface area contributed by atoms with Crippen LogP contribution in [-0.4, -0.2) is 39.8 Å². The Kier molecular flexibility index (Phi) is 5.87. The fourth-order valence-electron chi connectivity index (χ4n) is 1.80. The molecule has 0 aliphatic heterocycles. The summed E-state index contributed by atoms with van der Waals surface area (Å²) in [5.74, 6) is 7.09. The zero-order valence-corrected chi connectivity index (χ0v) is 12.7. The molecular weight excluding hydrogens is 298 g/mol. The molecule has 0 radical (unpaired) electrons. The molecule has 0 saturated heterocycles. The Morgan fingerprint density at radius 2 is 2.00 bits per heavy atom. The quantitative estimate of drug-likeness (QED) is 0.615. The van der Waals surface area contributed by atoms with E-state index in [9.17, 15) is 0 Å². The zero-order valence-electron chi connectivity index (χ0n) is 11.2. The van der Waals surface area contributed by atoms with Gasteiger partial charge in [0.1, 0.15) is 16.0 Å². The lowest BCUT2D eigenvalue weighted by atomic mass is 10.1. The van der Waals surface area contributed by atoms with Gasteiger partial charge in [-0.15, -0.1) is 0 Å². The van der Waals surface area contributed by atoms with Crippen LogP contribution in [0.15, 0.2) is 16.6 Å². The van der Waals surface area contributed by atoms with Crippen molar-refractivity contribution in [1.29, 1.82) is 0 Å². The van der Waals surface area contributed by atoms with Crippen molar-refractivity contribution in [3.05, 3.63) is 22.2 Å². The van der Waals surface area contributed by atoms with E-state index in [1.165, 1.54) is 0 Å². The number of hydrogen-bond acceptors (Lipinski definition) is 5. The van der Waals surface area contributed by atoms with E-state index in [0.717, 1.165) is 28.1 Å². The summed E-state index contributed by atoms with van der Waals surface area (Å²) in [7, 11) is 7.24. The third kappa shape index (κ3) is 3.35. The predicted octanol–water partition coefficient (Wildman–Crippen LogP) is 1.53. The van der Waals surface area contributed by atoms with Crippen LogP contribution in [0.3, 0.4) is 0 Å². The van der Waals surface area contributed by atoms with Gasteiger partial charge < -0.3 is 14.4 Å². The second-order valence-corrected chi connectivity index (χ2v) is 4.98. The van der Waals surface area contributed by atoms with Gasteiger partial charge in [-0.05, 0) is 42.2 Å². The molecular formula is C12H20BrN3O2. The van der Waals surface area contributed by atoms with Crippen molar-refractivity contribution in [2.24, 2.45) is 5.84 Å². The van der Waals surface area contributed by atoms with Gasteiger partial charge in [0.2, 0.25) is 0 Å². The lowest BCUT2D eigenvalue weighted by Crippen LogP contribution is -2.35. The summed E-state index contributed by atoms with van der Waals surface area (Å²) in [6, 6.07) is 3.83. The normalized spacial score (nSPS) is 12.6. The molecule has 102 valence electrons. The van der Waals surface area contributed by atoms with Crippen molar-refractivity contribution >= 4 is 15.9 Å². The average molecular weight is 318 g/mol. The van der Waals surface area contributed by atoms with E-state index in [-0.39, 0.29) is 6.04 Å². The molecule has 1 rings (SSSR count). The van der Waals surface area contributed by atoms with E-state index >= 15 is 0 Å². The van der Waals surface area contributed by atoms with Crippen LogP contribution in [-0.2, 0) is 0 Å². The maximum absolute atomic E-state index is 5.62. The topological polar surface area (TPSA) is 59.8 Å². The second-order valence-electron chi connectivity index (χ2n) is 4.19. The molecule has 0 amide bonds. The highest BCUT2D eigenvalue weighted by atomic mass is 79.9.